The Morgan fingerprint density at radius 2 is 1.95 bits per heavy atom. The van der Waals surface area contributed by atoms with E-state index in [1.165, 1.54) is 7.11 Å². The Bertz CT molecular complexity index is 487. The number of carbonyl (C=O) groups excluding carboxylic acids is 1. The lowest BCUT2D eigenvalue weighted by molar-refractivity contribution is -0.145. The molecule has 19 heavy (non-hydrogen) atoms. The highest BCUT2D eigenvalue weighted by atomic mass is 28.3. The van der Waals surface area contributed by atoms with Crippen molar-refractivity contribution in [2.45, 2.75) is 31.6 Å². The van der Waals surface area contributed by atoms with Gasteiger partial charge in [0.25, 0.3) is 0 Å². The van der Waals surface area contributed by atoms with Gasteiger partial charge in [0.2, 0.25) is 0 Å². The average Bonchev–Trinajstić information content (AvgIpc) is 3.13. The van der Waals surface area contributed by atoms with E-state index in [9.17, 15) is 4.79 Å². The summed E-state index contributed by atoms with van der Waals surface area (Å²) >= 11 is 0. The van der Waals surface area contributed by atoms with E-state index in [2.05, 4.69) is 31.8 Å². The fraction of sp³-hybridized carbons (Fsp3) is 0.438. The molecule has 1 fully saturated rings. The van der Waals surface area contributed by atoms with Crippen molar-refractivity contribution in [3.63, 3.8) is 0 Å². The Kier molecular flexibility index (Phi) is 3.68. The second kappa shape index (κ2) is 4.97. The quantitative estimate of drug-likeness (QED) is 0.613. The van der Waals surface area contributed by atoms with Gasteiger partial charge < -0.3 is 4.74 Å². The Morgan fingerprint density at radius 1 is 1.32 bits per heavy atom. The van der Waals surface area contributed by atoms with Gasteiger partial charge in [0.1, 0.15) is 0 Å². The highest BCUT2D eigenvalue weighted by Gasteiger charge is 2.63. The molecule has 1 aliphatic carbocycles. The van der Waals surface area contributed by atoms with E-state index in [4.69, 9.17) is 4.74 Å². The maximum absolute atomic E-state index is 12.1. The third kappa shape index (κ3) is 2.81. The van der Waals surface area contributed by atoms with Gasteiger partial charge >= 0.3 is 5.97 Å². The number of rotatable bonds is 4. The van der Waals surface area contributed by atoms with E-state index >= 15 is 0 Å². The monoisotopic (exact) mass is 274 g/mol. The first-order chi connectivity index (χ1) is 8.90. The predicted octanol–water partition coefficient (Wildman–Crippen LogP) is 3.97. The highest BCUT2D eigenvalue weighted by Crippen LogP contribution is 2.64. The van der Waals surface area contributed by atoms with Crippen LogP contribution in [0.25, 0.3) is 6.08 Å². The number of hydrogen-bond donors (Lipinski definition) is 0. The van der Waals surface area contributed by atoms with Crippen LogP contribution in [0.2, 0.25) is 25.2 Å². The molecule has 0 unspecified atom stereocenters. The molecule has 2 rings (SSSR count). The molecular weight excluding hydrogens is 252 g/mol. The molecule has 0 bridgehead atoms. The van der Waals surface area contributed by atoms with Crippen LogP contribution in [0.15, 0.2) is 36.4 Å². The van der Waals surface area contributed by atoms with Gasteiger partial charge in [-0.2, -0.15) is 0 Å². The van der Waals surface area contributed by atoms with E-state index in [1.54, 1.807) is 0 Å². The number of carbonyl (C=O) groups is 1. The van der Waals surface area contributed by atoms with Crippen molar-refractivity contribution >= 4 is 20.1 Å². The van der Waals surface area contributed by atoms with Crippen molar-refractivity contribution in [3.05, 3.63) is 42.0 Å². The van der Waals surface area contributed by atoms with Crippen molar-refractivity contribution in [1.29, 1.82) is 0 Å². The number of benzene rings is 1. The van der Waals surface area contributed by atoms with Crippen LogP contribution in [0.1, 0.15) is 12.0 Å². The first-order valence-corrected chi connectivity index (χ1v) is 10.3. The molecule has 2 nitrogen and oxygen atoms in total. The minimum absolute atomic E-state index is 0.0768. The Hall–Kier alpha value is -1.35. The van der Waals surface area contributed by atoms with Crippen LogP contribution in [0.5, 0.6) is 0 Å². The standard InChI is InChI=1S/C16H22O2Si/c1-18-15(17)16(12-14(16)19(2,3)4)11-10-13-8-6-5-7-9-13/h5-11,14H,12H2,1-4H3/b11-10+/t14-,16-/m1/s1. The molecule has 0 amide bonds. The van der Waals surface area contributed by atoms with Crippen molar-refractivity contribution < 1.29 is 9.53 Å². The summed E-state index contributed by atoms with van der Waals surface area (Å²) in [5.74, 6) is -0.0768. The average molecular weight is 274 g/mol. The van der Waals surface area contributed by atoms with Crippen molar-refractivity contribution in [2.75, 3.05) is 7.11 Å². The lowest BCUT2D eigenvalue weighted by Crippen LogP contribution is -2.27. The molecule has 0 aliphatic heterocycles. The van der Waals surface area contributed by atoms with Crippen LogP contribution >= 0.6 is 0 Å². The summed E-state index contributed by atoms with van der Waals surface area (Å²) in [4.78, 5) is 12.1. The summed E-state index contributed by atoms with van der Waals surface area (Å²) < 4.78 is 5.02. The van der Waals surface area contributed by atoms with Gasteiger partial charge in [-0.3, -0.25) is 4.79 Å². The molecule has 0 heterocycles. The van der Waals surface area contributed by atoms with Gasteiger partial charge in [0.05, 0.1) is 12.5 Å². The number of esters is 1. The van der Waals surface area contributed by atoms with Gasteiger partial charge in [-0.05, 0) is 17.5 Å². The topological polar surface area (TPSA) is 26.3 Å². The second-order valence-corrected chi connectivity index (χ2v) is 11.8. The fourth-order valence-corrected chi connectivity index (χ4v) is 5.54. The smallest absolute Gasteiger partial charge is 0.315 e. The number of ether oxygens (including phenoxy) is 1. The fourth-order valence-electron chi connectivity index (χ4n) is 2.83. The van der Waals surface area contributed by atoms with Gasteiger partial charge in [0, 0.05) is 8.07 Å². The van der Waals surface area contributed by atoms with E-state index in [-0.39, 0.29) is 11.4 Å². The predicted molar refractivity (Wildman–Crippen MR) is 81.6 cm³/mol. The summed E-state index contributed by atoms with van der Waals surface area (Å²) in [7, 11) is 0.158. The molecule has 3 heteroatoms. The molecule has 0 spiro atoms. The molecule has 102 valence electrons. The van der Waals surface area contributed by atoms with Crippen molar-refractivity contribution in [3.8, 4) is 0 Å². The molecule has 2 atom stereocenters. The van der Waals surface area contributed by atoms with Crippen LogP contribution in [-0.4, -0.2) is 21.2 Å². The van der Waals surface area contributed by atoms with Crippen molar-refractivity contribution in [1.82, 2.24) is 0 Å². The highest BCUT2D eigenvalue weighted by molar-refractivity contribution is 6.79. The largest absolute Gasteiger partial charge is 0.468 e. The van der Waals surface area contributed by atoms with E-state index < -0.39 is 8.07 Å². The molecule has 1 aliphatic rings. The van der Waals surface area contributed by atoms with Crippen LogP contribution in [0, 0.1) is 5.41 Å². The van der Waals surface area contributed by atoms with Crippen LogP contribution < -0.4 is 0 Å². The molecule has 0 radical (unpaired) electrons. The Balaban J connectivity index is 2.23. The molecule has 0 aromatic heterocycles. The van der Waals surface area contributed by atoms with Crippen LogP contribution in [0.3, 0.4) is 0 Å². The summed E-state index contributed by atoms with van der Waals surface area (Å²) in [6.45, 7) is 6.95. The summed E-state index contributed by atoms with van der Waals surface area (Å²) in [6, 6.07) is 10.1. The minimum atomic E-state index is -1.33. The molecule has 0 saturated heterocycles. The molecule has 0 N–H and O–H groups in total. The minimum Gasteiger partial charge on any atom is -0.468 e. The zero-order valence-electron chi connectivity index (χ0n) is 12.1. The van der Waals surface area contributed by atoms with E-state index in [1.807, 2.05) is 30.3 Å². The summed E-state index contributed by atoms with van der Waals surface area (Å²) in [5.41, 5.74) is 1.26. The normalized spacial score (nSPS) is 26.4. The Morgan fingerprint density at radius 3 is 2.42 bits per heavy atom. The Labute approximate surface area is 116 Å². The molecule has 1 aromatic carbocycles. The summed E-state index contributed by atoms with van der Waals surface area (Å²) in [6.07, 6.45) is 5.06. The first-order valence-electron chi connectivity index (χ1n) is 6.73. The van der Waals surface area contributed by atoms with E-state index in [0.717, 1.165) is 12.0 Å². The molecule has 1 aromatic rings. The number of hydrogen-bond acceptors (Lipinski definition) is 2. The third-order valence-corrected chi connectivity index (χ3v) is 6.80. The lowest BCUT2D eigenvalue weighted by atomic mass is 10.1. The SMILES string of the molecule is COC(=O)[C@]1(/C=C/c2ccccc2)C[C@H]1[Si](C)(C)C. The van der Waals surface area contributed by atoms with Crippen LogP contribution in [0.4, 0.5) is 0 Å². The number of methoxy groups -OCH3 is 1. The zero-order valence-corrected chi connectivity index (χ0v) is 13.1. The van der Waals surface area contributed by atoms with Gasteiger partial charge in [-0.15, -0.1) is 0 Å². The van der Waals surface area contributed by atoms with Gasteiger partial charge in [-0.1, -0.05) is 62.1 Å². The second-order valence-electron chi connectivity index (χ2n) is 6.40. The molecular formula is C16H22O2Si. The third-order valence-electron chi connectivity index (χ3n) is 3.99. The maximum Gasteiger partial charge on any atom is 0.315 e. The maximum atomic E-state index is 12.1. The summed E-state index contributed by atoms with van der Waals surface area (Å²) in [5, 5.41) is 0. The van der Waals surface area contributed by atoms with Crippen LogP contribution in [-0.2, 0) is 9.53 Å². The molecule has 1 saturated carbocycles. The van der Waals surface area contributed by atoms with Crippen molar-refractivity contribution in [2.24, 2.45) is 5.41 Å². The van der Waals surface area contributed by atoms with Gasteiger partial charge in [0.15, 0.2) is 0 Å². The van der Waals surface area contributed by atoms with Gasteiger partial charge in [-0.25, -0.2) is 0 Å². The first kappa shape index (κ1) is 14.1. The van der Waals surface area contributed by atoms with E-state index in [0.29, 0.717) is 5.54 Å². The lowest BCUT2D eigenvalue weighted by Gasteiger charge is -2.19. The zero-order chi connectivity index (χ0) is 14.1.